The van der Waals surface area contributed by atoms with Gasteiger partial charge in [0.2, 0.25) is 0 Å². The zero-order valence-electron chi connectivity index (χ0n) is 10.9. The Morgan fingerprint density at radius 2 is 1.94 bits per heavy atom. The fourth-order valence-electron chi connectivity index (χ4n) is 2.41. The number of dihydropyridines is 1. The lowest BCUT2D eigenvalue weighted by Crippen LogP contribution is -2.49. The Hall–Kier alpha value is -0.110. The molecule has 2 heterocycles. The molecule has 0 aromatic rings. The molecule has 4 nitrogen and oxygen atoms in total. The second-order valence-electron chi connectivity index (χ2n) is 5.12. The van der Waals surface area contributed by atoms with Crippen LogP contribution in [-0.4, -0.2) is 66.8 Å². The van der Waals surface area contributed by atoms with Crippen molar-refractivity contribution >= 4 is 22.6 Å². The minimum atomic E-state index is -0.214. The summed E-state index contributed by atoms with van der Waals surface area (Å²) in [4.78, 5) is 4.84. The predicted molar refractivity (Wildman–Crippen MR) is 82.7 cm³/mol. The number of aliphatic hydroxyl groups is 1. The molecule has 2 N–H and O–H groups in total. The average Bonchev–Trinajstić information content (AvgIpc) is 2.34. The molecular formula is C13H22IN3O. The van der Waals surface area contributed by atoms with E-state index in [0.717, 1.165) is 45.8 Å². The maximum atomic E-state index is 9.38. The smallest absolute Gasteiger partial charge is 0.0734 e. The van der Waals surface area contributed by atoms with Crippen molar-refractivity contribution in [3.8, 4) is 0 Å². The third-order valence-corrected chi connectivity index (χ3v) is 4.10. The normalized spacial score (nSPS) is 24.2. The molecule has 1 atom stereocenters. The Morgan fingerprint density at radius 3 is 2.50 bits per heavy atom. The van der Waals surface area contributed by atoms with Gasteiger partial charge in [-0.2, -0.15) is 0 Å². The minimum absolute atomic E-state index is 0.214. The van der Waals surface area contributed by atoms with Gasteiger partial charge in [0, 0.05) is 45.8 Å². The van der Waals surface area contributed by atoms with Crippen LogP contribution in [0.1, 0.15) is 6.92 Å². The van der Waals surface area contributed by atoms with Crippen LogP contribution < -0.4 is 5.32 Å². The lowest BCUT2D eigenvalue weighted by atomic mass is 10.1. The lowest BCUT2D eigenvalue weighted by Gasteiger charge is -2.35. The van der Waals surface area contributed by atoms with Gasteiger partial charge >= 0.3 is 0 Å². The number of aliphatic hydroxyl groups excluding tert-OH is 1. The highest BCUT2D eigenvalue weighted by molar-refractivity contribution is 14.1. The lowest BCUT2D eigenvalue weighted by molar-refractivity contribution is 0.0841. The van der Waals surface area contributed by atoms with E-state index < -0.39 is 0 Å². The molecule has 1 saturated heterocycles. The van der Waals surface area contributed by atoms with E-state index in [2.05, 4.69) is 49.9 Å². The van der Waals surface area contributed by atoms with Gasteiger partial charge in [0.15, 0.2) is 0 Å². The van der Waals surface area contributed by atoms with E-state index in [-0.39, 0.29) is 6.10 Å². The number of nitrogens with one attached hydrogen (secondary N) is 1. The number of hydrogen-bond acceptors (Lipinski definition) is 4. The van der Waals surface area contributed by atoms with E-state index >= 15 is 0 Å². The van der Waals surface area contributed by atoms with Crippen LogP contribution in [0.3, 0.4) is 0 Å². The Kier molecular flexibility index (Phi) is 5.47. The van der Waals surface area contributed by atoms with E-state index in [0.29, 0.717) is 0 Å². The SMILES string of the molecule is C[C@H](O)CN1CCN(CC2=CC=C(I)NC2)CC1. The highest BCUT2D eigenvalue weighted by Crippen LogP contribution is 2.12. The molecule has 0 amide bonds. The van der Waals surface area contributed by atoms with E-state index in [9.17, 15) is 5.11 Å². The highest BCUT2D eigenvalue weighted by Gasteiger charge is 2.18. The summed E-state index contributed by atoms with van der Waals surface area (Å²) in [7, 11) is 0. The summed E-state index contributed by atoms with van der Waals surface area (Å²) in [6.45, 7) is 9.05. The molecule has 0 unspecified atom stereocenters. The maximum absolute atomic E-state index is 9.38. The third-order valence-electron chi connectivity index (χ3n) is 3.36. The van der Waals surface area contributed by atoms with Gasteiger partial charge in [-0.05, 0) is 41.2 Å². The van der Waals surface area contributed by atoms with Crippen LogP contribution >= 0.6 is 22.6 Å². The Labute approximate surface area is 123 Å². The number of nitrogens with zero attached hydrogens (tertiary/aromatic N) is 2. The third kappa shape index (κ3) is 4.53. The summed E-state index contributed by atoms with van der Waals surface area (Å²) in [6, 6.07) is 0. The zero-order valence-corrected chi connectivity index (χ0v) is 13.1. The van der Waals surface area contributed by atoms with Crippen LogP contribution in [0.25, 0.3) is 0 Å². The molecule has 102 valence electrons. The van der Waals surface area contributed by atoms with E-state index in [4.69, 9.17) is 0 Å². The summed E-state index contributed by atoms with van der Waals surface area (Å²) >= 11 is 2.31. The molecule has 0 radical (unpaired) electrons. The van der Waals surface area contributed by atoms with Crippen LogP contribution in [0.15, 0.2) is 21.4 Å². The molecule has 0 bridgehead atoms. The first-order chi connectivity index (χ1) is 8.63. The van der Waals surface area contributed by atoms with Crippen molar-refractivity contribution in [1.29, 1.82) is 0 Å². The topological polar surface area (TPSA) is 38.7 Å². The van der Waals surface area contributed by atoms with Crippen molar-refractivity contribution in [1.82, 2.24) is 15.1 Å². The molecule has 0 aromatic carbocycles. The first-order valence-corrected chi connectivity index (χ1v) is 7.63. The van der Waals surface area contributed by atoms with Gasteiger partial charge in [-0.3, -0.25) is 9.80 Å². The standard InChI is InChI=1S/C13H22IN3O/c1-11(18)9-16-4-6-17(7-5-16)10-12-2-3-13(14)15-8-12/h2-3,11,15,18H,4-10H2,1H3/t11-/m0/s1. The van der Waals surface area contributed by atoms with Crippen LogP contribution in [0, 0.1) is 0 Å². The number of halogens is 1. The molecule has 5 heteroatoms. The van der Waals surface area contributed by atoms with Crippen LogP contribution in [-0.2, 0) is 0 Å². The molecule has 0 aromatic heterocycles. The largest absolute Gasteiger partial charge is 0.392 e. The molecule has 0 aliphatic carbocycles. The van der Waals surface area contributed by atoms with Crippen LogP contribution in [0.4, 0.5) is 0 Å². The van der Waals surface area contributed by atoms with Gasteiger partial charge in [0.25, 0.3) is 0 Å². The average molecular weight is 363 g/mol. The van der Waals surface area contributed by atoms with Crippen LogP contribution in [0.2, 0.25) is 0 Å². The second-order valence-corrected chi connectivity index (χ2v) is 6.28. The summed E-state index contributed by atoms with van der Waals surface area (Å²) in [6.07, 6.45) is 4.16. The summed E-state index contributed by atoms with van der Waals surface area (Å²) in [5.74, 6) is 0. The Bertz CT molecular complexity index is 333. The van der Waals surface area contributed by atoms with E-state index in [1.807, 2.05) is 6.92 Å². The van der Waals surface area contributed by atoms with Crippen molar-refractivity contribution in [2.45, 2.75) is 13.0 Å². The first kappa shape index (κ1) is 14.3. The minimum Gasteiger partial charge on any atom is -0.392 e. The van der Waals surface area contributed by atoms with Gasteiger partial charge in [-0.1, -0.05) is 6.08 Å². The number of hydrogen-bond donors (Lipinski definition) is 2. The van der Waals surface area contributed by atoms with Gasteiger partial charge in [-0.15, -0.1) is 0 Å². The number of allylic oxidation sites excluding steroid dienone is 2. The van der Waals surface area contributed by atoms with Crippen molar-refractivity contribution in [3.63, 3.8) is 0 Å². The summed E-state index contributed by atoms with van der Waals surface area (Å²) in [5.41, 5.74) is 1.46. The van der Waals surface area contributed by atoms with Gasteiger partial charge < -0.3 is 10.4 Å². The first-order valence-electron chi connectivity index (χ1n) is 6.55. The molecule has 2 aliphatic heterocycles. The summed E-state index contributed by atoms with van der Waals surface area (Å²) in [5, 5.41) is 12.7. The summed E-state index contributed by atoms with van der Waals surface area (Å²) < 4.78 is 1.22. The molecule has 2 rings (SSSR count). The predicted octanol–water partition coefficient (Wildman–Crippen LogP) is 0.791. The zero-order chi connectivity index (χ0) is 13.0. The molecule has 0 spiro atoms. The van der Waals surface area contributed by atoms with Crippen molar-refractivity contribution in [2.75, 3.05) is 45.8 Å². The van der Waals surface area contributed by atoms with Gasteiger partial charge in [0.1, 0.15) is 0 Å². The number of β-amino-alcohol motifs (C(OH)–C–C–N with tert-alkyl or cyclic N) is 1. The highest BCUT2D eigenvalue weighted by atomic mass is 127. The van der Waals surface area contributed by atoms with Crippen molar-refractivity contribution in [3.05, 3.63) is 21.4 Å². The Morgan fingerprint density at radius 1 is 1.28 bits per heavy atom. The molecular weight excluding hydrogens is 341 g/mol. The number of piperazine rings is 1. The quantitative estimate of drug-likeness (QED) is 0.572. The molecule has 2 aliphatic rings. The fourth-order valence-corrected chi connectivity index (χ4v) is 2.78. The van der Waals surface area contributed by atoms with Gasteiger partial charge in [-0.25, -0.2) is 0 Å². The second kappa shape index (κ2) is 6.88. The van der Waals surface area contributed by atoms with Gasteiger partial charge in [0.05, 0.1) is 9.81 Å². The van der Waals surface area contributed by atoms with Crippen molar-refractivity contribution < 1.29 is 5.11 Å². The monoisotopic (exact) mass is 363 g/mol. The molecule has 0 saturated carbocycles. The maximum Gasteiger partial charge on any atom is 0.0734 e. The van der Waals surface area contributed by atoms with Crippen molar-refractivity contribution in [2.24, 2.45) is 0 Å². The van der Waals surface area contributed by atoms with E-state index in [1.165, 1.54) is 9.28 Å². The van der Waals surface area contributed by atoms with E-state index in [1.54, 1.807) is 0 Å². The number of rotatable bonds is 4. The Balaban J connectivity index is 1.74. The molecule has 18 heavy (non-hydrogen) atoms. The fraction of sp³-hybridized carbons (Fsp3) is 0.692. The molecule has 1 fully saturated rings. The van der Waals surface area contributed by atoms with Crippen LogP contribution in [0.5, 0.6) is 0 Å².